The predicted octanol–water partition coefficient (Wildman–Crippen LogP) is 3.35. The smallest absolute Gasteiger partial charge is 0.164 e. The highest BCUT2D eigenvalue weighted by Crippen LogP contribution is 2.35. The van der Waals surface area contributed by atoms with E-state index in [1.54, 1.807) is 18.3 Å². The molecule has 0 radical (unpaired) electrons. The zero-order chi connectivity index (χ0) is 14.2. The van der Waals surface area contributed by atoms with Gasteiger partial charge in [-0.25, -0.2) is 9.97 Å². The van der Waals surface area contributed by atoms with Crippen molar-refractivity contribution in [3.8, 4) is 11.4 Å². The van der Waals surface area contributed by atoms with Gasteiger partial charge in [-0.15, -0.1) is 0 Å². The zero-order valence-electron chi connectivity index (χ0n) is 11.4. The van der Waals surface area contributed by atoms with Gasteiger partial charge in [-0.2, -0.15) is 11.8 Å². The lowest BCUT2D eigenvalue weighted by molar-refractivity contribution is 0.475. The van der Waals surface area contributed by atoms with E-state index in [0.717, 1.165) is 34.8 Å². The SMILES string of the molecule is Oc1cccc(-n2c(C3CCSC3)nc3cccnc32)c1. The van der Waals surface area contributed by atoms with Gasteiger partial charge in [0, 0.05) is 23.9 Å². The van der Waals surface area contributed by atoms with Crippen molar-refractivity contribution in [1.29, 1.82) is 0 Å². The van der Waals surface area contributed by atoms with Gasteiger partial charge in [-0.1, -0.05) is 6.07 Å². The molecule has 0 saturated carbocycles. The van der Waals surface area contributed by atoms with E-state index in [1.807, 2.05) is 36.0 Å². The Morgan fingerprint density at radius 2 is 2.19 bits per heavy atom. The van der Waals surface area contributed by atoms with Crippen LogP contribution >= 0.6 is 11.8 Å². The van der Waals surface area contributed by atoms with Crippen LogP contribution in [0.5, 0.6) is 5.75 Å². The molecule has 4 nitrogen and oxygen atoms in total. The number of aromatic nitrogens is 3. The first kappa shape index (κ1) is 12.7. The quantitative estimate of drug-likeness (QED) is 0.788. The molecule has 1 saturated heterocycles. The summed E-state index contributed by atoms with van der Waals surface area (Å²) in [5.74, 6) is 4.05. The number of pyridine rings is 1. The topological polar surface area (TPSA) is 50.9 Å². The number of thioether (sulfide) groups is 1. The van der Waals surface area contributed by atoms with Crippen LogP contribution in [0.4, 0.5) is 0 Å². The van der Waals surface area contributed by atoms with Gasteiger partial charge in [0.1, 0.15) is 17.1 Å². The zero-order valence-corrected chi connectivity index (χ0v) is 12.3. The molecule has 0 aliphatic carbocycles. The molecule has 3 aromatic rings. The lowest BCUT2D eigenvalue weighted by Crippen LogP contribution is -2.07. The van der Waals surface area contributed by atoms with Crippen molar-refractivity contribution in [2.24, 2.45) is 0 Å². The number of hydrogen-bond acceptors (Lipinski definition) is 4. The number of rotatable bonds is 2. The third-order valence-electron chi connectivity index (χ3n) is 3.82. The van der Waals surface area contributed by atoms with Gasteiger partial charge < -0.3 is 5.11 Å². The predicted molar refractivity (Wildman–Crippen MR) is 85.2 cm³/mol. The Balaban J connectivity index is 1.98. The van der Waals surface area contributed by atoms with Gasteiger partial charge in [-0.05, 0) is 36.4 Å². The summed E-state index contributed by atoms with van der Waals surface area (Å²) >= 11 is 1.97. The van der Waals surface area contributed by atoms with E-state index in [1.165, 1.54) is 5.75 Å². The fourth-order valence-corrected chi connectivity index (χ4v) is 4.05. The minimum atomic E-state index is 0.261. The molecule has 2 aromatic heterocycles. The first-order valence-electron chi connectivity index (χ1n) is 7.03. The van der Waals surface area contributed by atoms with Crippen LogP contribution < -0.4 is 0 Å². The third kappa shape index (κ3) is 2.17. The average Bonchev–Trinajstić information content (AvgIpc) is 3.14. The summed E-state index contributed by atoms with van der Waals surface area (Å²) in [5, 5.41) is 9.78. The second kappa shape index (κ2) is 5.07. The summed E-state index contributed by atoms with van der Waals surface area (Å²) in [6, 6.07) is 11.2. The van der Waals surface area contributed by atoms with E-state index in [-0.39, 0.29) is 5.75 Å². The summed E-state index contributed by atoms with van der Waals surface area (Å²) < 4.78 is 2.09. The molecule has 1 N–H and O–H groups in total. The van der Waals surface area contributed by atoms with Gasteiger partial charge >= 0.3 is 0 Å². The first-order chi connectivity index (χ1) is 10.3. The van der Waals surface area contributed by atoms with Crippen molar-refractivity contribution in [1.82, 2.24) is 14.5 Å². The summed E-state index contributed by atoms with van der Waals surface area (Å²) in [7, 11) is 0. The van der Waals surface area contributed by atoms with E-state index in [9.17, 15) is 5.11 Å². The summed E-state index contributed by atoms with van der Waals surface area (Å²) in [5.41, 5.74) is 2.69. The largest absolute Gasteiger partial charge is 0.508 e. The number of phenolic OH excluding ortho intramolecular Hbond substituents is 1. The molecule has 0 spiro atoms. The molecule has 1 unspecified atom stereocenters. The molecule has 0 bridgehead atoms. The highest BCUT2D eigenvalue weighted by atomic mass is 32.2. The molecule has 4 rings (SSSR count). The number of aromatic hydroxyl groups is 1. The van der Waals surface area contributed by atoms with Crippen LogP contribution in [0.15, 0.2) is 42.6 Å². The number of hydrogen-bond donors (Lipinski definition) is 1. The maximum atomic E-state index is 9.78. The maximum absolute atomic E-state index is 9.78. The molecule has 1 aromatic carbocycles. The van der Waals surface area contributed by atoms with Crippen molar-refractivity contribution in [2.45, 2.75) is 12.3 Å². The molecule has 3 heterocycles. The third-order valence-corrected chi connectivity index (χ3v) is 4.99. The molecule has 1 aliphatic rings. The highest BCUT2D eigenvalue weighted by molar-refractivity contribution is 7.99. The van der Waals surface area contributed by atoms with Gasteiger partial charge in [0.15, 0.2) is 5.65 Å². The van der Waals surface area contributed by atoms with Crippen LogP contribution in [0.25, 0.3) is 16.9 Å². The van der Waals surface area contributed by atoms with Crippen molar-refractivity contribution >= 4 is 22.9 Å². The van der Waals surface area contributed by atoms with Crippen molar-refractivity contribution < 1.29 is 5.11 Å². The summed E-state index contributed by atoms with van der Waals surface area (Å²) in [6.45, 7) is 0. The first-order valence-corrected chi connectivity index (χ1v) is 8.19. The van der Waals surface area contributed by atoms with Crippen LogP contribution in [0, 0.1) is 0 Å². The highest BCUT2D eigenvalue weighted by Gasteiger charge is 2.25. The standard InChI is InChI=1S/C16H15N3OS/c20-13-4-1-3-12(9-13)19-15(11-6-8-21-10-11)18-14-5-2-7-17-16(14)19/h1-5,7,9,11,20H,6,8,10H2. The molecule has 1 atom stereocenters. The van der Waals surface area contributed by atoms with Crippen molar-refractivity contribution in [2.75, 3.05) is 11.5 Å². The average molecular weight is 297 g/mol. The second-order valence-corrected chi connectivity index (χ2v) is 6.38. The lowest BCUT2D eigenvalue weighted by atomic mass is 10.1. The van der Waals surface area contributed by atoms with Crippen LogP contribution in [0.2, 0.25) is 0 Å². The summed E-state index contributed by atoms with van der Waals surface area (Å²) in [6.07, 6.45) is 2.93. The van der Waals surface area contributed by atoms with E-state index < -0.39 is 0 Å². The molecule has 0 amide bonds. The molecule has 21 heavy (non-hydrogen) atoms. The molecule has 1 aliphatic heterocycles. The molecule has 5 heteroatoms. The number of benzene rings is 1. The second-order valence-electron chi connectivity index (χ2n) is 5.23. The van der Waals surface area contributed by atoms with Gasteiger partial charge in [-0.3, -0.25) is 4.57 Å². The Morgan fingerprint density at radius 3 is 3.00 bits per heavy atom. The number of phenols is 1. The van der Waals surface area contributed by atoms with Crippen LogP contribution in [0.3, 0.4) is 0 Å². The van der Waals surface area contributed by atoms with Gasteiger partial charge in [0.2, 0.25) is 0 Å². The minimum Gasteiger partial charge on any atom is -0.508 e. The van der Waals surface area contributed by atoms with E-state index >= 15 is 0 Å². The molecular weight excluding hydrogens is 282 g/mol. The van der Waals surface area contributed by atoms with Gasteiger partial charge in [0.25, 0.3) is 0 Å². The Labute approximate surface area is 126 Å². The Morgan fingerprint density at radius 1 is 1.24 bits per heavy atom. The Hall–Kier alpha value is -2.01. The summed E-state index contributed by atoms with van der Waals surface area (Å²) in [4.78, 5) is 9.30. The number of imidazole rings is 1. The Bertz CT molecular complexity index is 793. The van der Waals surface area contributed by atoms with Crippen LogP contribution in [-0.2, 0) is 0 Å². The molecular formula is C16H15N3OS. The fourth-order valence-electron chi connectivity index (χ4n) is 2.83. The van der Waals surface area contributed by atoms with E-state index in [0.29, 0.717) is 5.92 Å². The van der Waals surface area contributed by atoms with Crippen molar-refractivity contribution in [3.05, 3.63) is 48.4 Å². The number of fused-ring (bicyclic) bond motifs is 1. The van der Waals surface area contributed by atoms with Crippen molar-refractivity contribution in [3.63, 3.8) is 0 Å². The Kier molecular flexibility index (Phi) is 3.07. The van der Waals surface area contributed by atoms with E-state index in [2.05, 4.69) is 9.55 Å². The van der Waals surface area contributed by atoms with Gasteiger partial charge in [0.05, 0.1) is 5.69 Å². The molecule has 106 valence electrons. The minimum absolute atomic E-state index is 0.261. The monoisotopic (exact) mass is 297 g/mol. The molecule has 1 fully saturated rings. The van der Waals surface area contributed by atoms with E-state index in [4.69, 9.17) is 4.98 Å². The normalized spacial score (nSPS) is 18.4. The van der Waals surface area contributed by atoms with Crippen LogP contribution in [-0.4, -0.2) is 31.1 Å². The fraction of sp³-hybridized carbons (Fsp3) is 0.250. The van der Waals surface area contributed by atoms with Crippen LogP contribution in [0.1, 0.15) is 18.2 Å². The maximum Gasteiger partial charge on any atom is 0.164 e. The number of nitrogens with zero attached hydrogens (tertiary/aromatic N) is 3. The lowest BCUT2D eigenvalue weighted by Gasteiger charge is -2.12.